The summed E-state index contributed by atoms with van der Waals surface area (Å²) in [4.78, 5) is 15.0. The smallest absolute Gasteiger partial charge is 0.270 e. The monoisotopic (exact) mass is 494 g/mol. The first-order valence-corrected chi connectivity index (χ1v) is 12.5. The number of carbonyl (C=O) groups is 1. The molecule has 2 heterocycles. The molecule has 162 valence electrons. The van der Waals surface area contributed by atoms with Crippen molar-refractivity contribution in [3.05, 3.63) is 63.5 Å². The summed E-state index contributed by atoms with van der Waals surface area (Å²) >= 11 is 13.0. The van der Waals surface area contributed by atoms with Gasteiger partial charge in [-0.2, -0.15) is 4.31 Å². The summed E-state index contributed by atoms with van der Waals surface area (Å²) in [5, 5.41) is 0.245. The molecule has 0 atom stereocenters. The molecule has 0 aliphatic carbocycles. The number of sulfonamides is 1. The maximum absolute atomic E-state index is 13.2. The van der Waals surface area contributed by atoms with Crippen LogP contribution in [0.4, 0.5) is 5.69 Å². The van der Waals surface area contributed by atoms with E-state index in [9.17, 15) is 13.2 Å². The third-order valence-corrected chi connectivity index (χ3v) is 8.55. The quantitative estimate of drug-likeness (QED) is 0.471. The Kier molecular flexibility index (Phi) is 6.52. The van der Waals surface area contributed by atoms with Crippen LogP contribution in [-0.2, 0) is 19.6 Å². The molecule has 6 nitrogen and oxygen atoms in total. The van der Waals surface area contributed by atoms with Crippen molar-refractivity contribution >= 4 is 67.6 Å². The maximum Gasteiger partial charge on any atom is 0.270 e. The van der Waals surface area contributed by atoms with E-state index in [1.165, 1.54) is 27.4 Å². The molecule has 2 aromatic rings. The molecule has 4 rings (SSSR count). The average Bonchev–Trinajstić information content (AvgIpc) is 3.03. The van der Waals surface area contributed by atoms with E-state index in [1.54, 1.807) is 6.08 Å². The molecule has 0 N–H and O–H groups in total. The maximum atomic E-state index is 13.2. The van der Waals surface area contributed by atoms with Gasteiger partial charge in [0.2, 0.25) is 10.0 Å². The highest BCUT2D eigenvalue weighted by Gasteiger charge is 2.36. The number of anilines is 1. The van der Waals surface area contributed by atoms with Gasteiger partial charge in [-0.3, -0.25) is 9.69 Å². The highest BCUT2D eigenvalue weighted by atomic mass is 35.5. The second-order valence-corrected chi connectivity index (χ2v) is 11.0. The molecule has 31 heavy (non-hydrogen) atoms. The summed E-state index contributed by atoms with van der Waals surface area (Å²) in [5.41, 5.74) is 2.20. The number of benzene rings is 2. The summed E-state index contributed by atoms with van der Waals surface area (Å²) < 4.78 is 33.0. The summed E-state index contributed by atoms with van der Waals surface area (Å²) in [7, 11) is -3.74. The van der Waals surface area contributed by atoms with Crippen LogP contribution >= 0.6 is 35.6 Å². The largest absolute Gasteiger partial charge is 0.379 e. The number of thiocarbonyl (C=S) groups is 1. The molecule has 2 aliphatic heterocycles. The molecule has 1 amide bonds. The second-order valence-electron chi connectivity index (χ2n) is 7.00. The zero-order chi connectivity index (χ0) is 22.2. The molecule has 2 saturated heterocycles. The fraction of sp³-hybridized carbons (Fsp3) is 0.238. The minimum Gasteiger partial charge on any atom is -0.379 e. The van der Waals surface area contributed by atoms with Gasteiger partial charge in [0.15, 0.2) is 4.32 Å². The minimum atomic E-state index is -3.74. The Morgan fingerprint density at radius 2 is 1.87 bits per heavy atom. The number of morpholine rings is 1. The van der Waals surface area contributed by atoms with Crippen molar-refractivity contribution < 1.29 is 17.9 Å². The second kappa shape index (κ2) is 9.01. The van der Waals surface area contributed by atoms with Gasteiger partial charge in [-0.1, -0.05) is 59.8 Å². The molecular formula is C21H19ClN2O4S3. The zero-order valence-electron chi connectivity index (χ0n) is 16.6. The highest BCUT2D eigenvalue weighted by molar-refractivity contribution is 8.27. The van der Waals surface area contributed by atoms with Crippen molar-refractivity contribution in [1.29, 1.82) is 0 Å². The van der Waals surface area contributed by atoms with Crippen LogP contribution in [0.3, 0.4) is 0 Å². The van der Waals surface area contributed by atoms with Crippen molar-refractivity contribution in [3.63, 3.8) is 0 Å². The van der Waals surface area contributed by atoms with Crippen LogP contribution in [-0.4, -0.2) is 49.3 Å². The van der Waals surface area contributed by atoms with Gasteiger partial charge in [-0.15, -0.1) is 0 Å². The van der Waals surface area contributed by atoms with Crippen LogP contribution in [0.5, 0.6) is 0 Å². The topological polar surface area (TPSA) is 66.9 Å². The first-order valence-electron chi connectivity index (χ1n) is 9.50. The Labute approximate surface area is 195 Å². The summed E-state index contributed by atoms with van der Waals surface area (Å²) in [5.74, 6) is -0.332. The number of halogens is 1. The number of rotatable bonds is 4. The normalized spacial score (nSPS) is 19.4. The van der Waals surface area contributed by atoms with Crippen molar-refractivity contribution in [3.8, 4) is 0 Å². The first-order chi connectivity index (χ1) is 14.8. The Morgan fingerprint density at radius 1 is 1.16 bits per heavy atom. The van der Waals surface area contributed by atoms with E-state index in [-0.39, 0.29) is 34.6 Å². The van der Waals surface area contributed by atoms with Crippen LogP contribution in [0.2, 0.25) is 5.02 Å². The van der Waals surface area contributed by atoms with Gasteiger partial charge in [0.05, 0.1) is 33.7 Å². The van der Waals surface area contributed by atoms with Gasteiger partial charge in [-0.25, -0.2) is 8.42 Å². The van der Waals surface area contributed by atoms with E-state index < -0.39 is 10.0 Å². The number of carbonyl (C=O) groups excluding carboxylic acids is 1. The zero-order valence-corrected chi connectivity index (χ0v) is 19.8. The number of thioether (sulfide) groups is 1. The predicted octanol–water partition coefficient (Wildman–Crippen LogP) is 4.08. The predicted molar refractivity (Wildman–Crippen MR) is 128 cm³/mol. The van der Waals surface area contributed by atoms with Gasteiger partial charge >= 0.3 is 0 Å². The lowest BCUT2D eigenvalue weighted by atomic mass is 10.1. The SMILES string of the molecule is Cc1ccccc1C=C1SC(=S)N(c2cc(S(=O)(=O)N3CCOCC3)ccc2Cl)C1=O. The summed E-state index contributed by atoms with van der Waals surface area (Å²) in [6, 6.07) is 12.0. The molecule has 0 radical (unpaired) electrons. The standard InChI is InChI=1S/C21H19ClN2O4S3/c1-14-4-2-3-5-15(14)12-19-20(25)24(21(29)30-19)18-13-16(6-7-17(18)22)31(26,27)23-8-10-28-11-9-23/h2-7,12-13H,8-11H2,1H3. The number of ether oxygens (including phenoxy) is 1. The number of aryl methyl sites for hydroxylation is 1. The molecule has 0 bridgehead atoms. The Hall–Kier alpha value is -1.75. The van der Waals surface area contributed by atoms with Crippen LogP contribution in [0.15, 0.2) is 52.3 Å². The van der Waals surface area contributed by atoms with Crippen molar-refractivity contribution in [2.45, 2.75) is 11.8 Å². The van der Waals surface area contributed by atoms with Crippen molar-refractivity contribution in [1.82, 2.24) is 4.31 Å². The van der Waals surface area contributed by atoms with Gasteiger partial charge in [-0.05, 0) is 42.3 Å². The first kappa shape index (κ1) is 22.4. The Morgan fingerprint density at radius 3 is 2.58 bits per heavy atom. The van der Waals surface area contributed by atoms with E-state index in [2.05, 4.69) is 0 Å². The summed E-state index contributed by atoms with van der Waals surface area (Å²) in [6.07, 6.45) is 1.79. The van der Waals surface area contributed by atoms with Crippen LogP contribution in [0.25, 0.3) is 6.08 Å². The van der Waals surface area contributed by atoms with Crippen LogP contribution in [0.1, 0.15) is 11.1 Å². The Bertz CT molecular complexity index is 1190. The molecule has 0 saturated carbocycles. The molecule has 0 aromatic heterocycles. The van der Waals surface area contributed by atoms with Gasteiger partial charge in [0.25, 0.3) is 5.91 Å². The number of hydrogen-bond acceptors (Lipinski definition) is 6. The number of hydrogen-bond donors (Lipinski definition) is 0. The van der Waals surface area contributed by atoms with E-state index in [0.29, 0.717) is 22.4 Å². The fourth-order valence-electron chi connectivity index (χ4n) is 3.33. The third kappa shape index (κ3) is 4.44. The Balaban J connectivity index is 1.69. The highest BCUT2D eigenvalue weighted by Crippen LogP contribution is 2.40. The molecule has 2 fully saturated rings. The van der Waals surface area contributed by atoms with E-state index in [4.69, 9.17) is 28.6 Å². The minimum absolute atomic E-state index is 0.0609. The lowest BCUT2D eigenvalue weighted by Gasteiger charge is -2.26. The number of nitrogens with zero attached hydrogens (tertiary/aromatic N) is 2. The van der Waals surface area contributed by atoms with Crippen molar-refractivity contribution in [2.75, 3.05) is 31.2 Å². The molecule has 10 heteroatoms. The lowest BCUT2D eigenvalue weighted by molar-refractivity contribution is -0.113. The average molecular weight is 495 g/mol. The van der Waals surface area contributed by atoms with Gasteiger partial charge in [0.1, 0.15) is 0 Å². The molecule has 2 aromatic carbocycles. The van der Waals surface area contributed by atoms with Crippen LogP contribution < -0.4 is 4.90 Å². The van der Waals surface area contributed by atoms with E-state index >= 15 is 0 Å². The molecule has 0 spiro atoms. The van der Waals surface area contributed by atoms with E-state index in [1.807, 2.05) is 31.2 Å². The fourth-order valence-corrected chi connectivity index (χ4v) is 6.23. The number of amides is 1. The summed E-state index contributed by atoms with van der Waals surface area (Å²) in [6.45, 7) is 3.21. The van der Waals surface area contributed by atoms with Crippen LogP contribution in [0, 0.1) is 6.92 Å². The molecular weight excluding hydrogens is 476 g/mol. The van der Waals surface area contributed by atoms with Crippen molar-refractivity contribution in [2.24, 2.45) is 0 Å². The lowest BCUT2D eigenvalue weighted by Crippen LogP contribution is -2.40. The van der Waals surface area contributed by atoms with Gasteiger partial charge < -0.3 is 4.74 Å². The third-order valence-electron chi connectivity index (χ3n) is 5.04. The molecule has 0 unspecified atom stereocenters. The van der Waals surface area contributed by atoms with E-state index in [0.717, 1.165) is 22.9 Å². The van der Waals surface area contributed by atoms with Gasteiger partial charge in [0, 0.05) is 13.1 Å². The molecule has 2 aliphatic rings.